The van der Waals surface area contributed by atoms with Gasteiger partial charge in [0.15, 0.2) is 0 Å². The van der Waals surface area contributed by atoms with Crippen LogP contribution in [0.5, 0.6) is 0 Å². The highest BCUT2D eigenvalue weighted by atomic mass is 16.6. The van der Waals surface area contributed by atoms with Crippen LogP contribution in [0.25, 0.3) is 0 Å². The minimum absolute atomic E-state index is 0.116. The normalized spacial score (nSPS) is 9.84. The molecule has 0 aromatic carbocycles. The molecule has 0 radical (unpaired) electrons. The summed E-state index contributed by atoms with van der Waals surface area (Å²) in [6, 6.07) is 2.56. The fraction of sp³-hybridized carbons (Fsp3) is 0.400. The number of hydrogen-bond acceptors (Lipinski definition) is 7. The molecule has 0 fully saturated rings. The first-order chi connectivity index (χ1) is 8.97. The summed E-state index contributed by atoms with van der Waals surface area (Å²) in [4.78, 5) is 27.1. The first-order valence-corrected chi connectivity index (χ1v) is 5.52. The van der Waals surface area contributed by atoms with Gasteiger partial charge in [0.05, 0.1) is 17.1 Å². The van der Waals surface area contributed by atoms with Gasteiger partial charge in [-0.25, -0.2) is 10.8 Å². The molecule has 0 aliphatic heterocycles. The van der Waals surface area contributed by atoms with Crippen LogP contribution in [-0.4, -0.2) is 36.5 Å². The molecule has 0 atom stereocenters. The van der Waals surface area contributed by atoms with Crippen molar-refractivity contribution in [3.63, 3.8) is 0 Å². The van der Waals surface area contributed by atoms with E-state index in [4.69, 9.17) is 5.84 Å². The Kier molecular flexibility index (Phi) is 5.01. The Morgan fingerprint density at radius 3 is 2.79 bits per heavy atom. The molecular formula is C10H16N6O3. The molecule has 104 valence electrons. The van der Waals surface area contributed by atoms with E-state index in [1.54, 1.807) is 19.0 Å². The number of hydrogen-bond donors (Lipinski definition) is 3. The van der Waals surface area contributed by atoms with E-state index >= 15 is 0 Å². The molecule has 1 aromatic heterocycles. The average Bonchev–Trinajstić information content (AvgIpc) is 2.43. The van der Waals surface area contributed by atoms with E-state index in [1.807, 2.05) is 0 Å². The van der Waals surface area contributed by atoms with Gasteiger partial charge in [0.1, 0.15) is 11.6 Å². The third-order valence-electron chi connectivity index (χ3n) is 2.50. The van der Waals surface area contributed by atoms with Crippen LogP contribution in [0.3, 0.4) is 0 Å². The fourth-order valence-electron chi connectivity index (χ4n) is 1.39. The third-order valence-corrected chi connectivity index (χ3v) is 2.50. The van der Waals surface area contributed by atoms with Crippen LogP contribution in [0.1, 0.15) is 6.42 Å². The molecule has 0 bridgehead atoms. The van der Waals surface area contributed by atoms with Gasteiger partial charge in [-0.2, -0.15) is 0 Å². The number of pyridine rings is 1. The van der Waals surface area contributed by atoms with Crippen molar-refractivity contribution < 1.29 is 9.72 Å². The lowest BCUT2D eigenvalue weighted by Crippen LogP contribution is -2.27. The second-order valence-corrected chi connectivity index (χ2v) is 3.81. The number of nitrogens with one attached hydrogen (secondary N) is 2. The zero-order valence-electron chi connectivity index (χ0n) is 10.7. The number of nitrogen functional groups attached to an aromatic ring is 1. The molecule has 0 aliphatic rings. The fourth-order valence-corrected chi connectivity index (χ4v) is 1.39. The molecule has 0 unspecified atom stereocenters. The number of nitrogens with zero attached hydrogens (tertiary/aromatic N) is 3. The number of nitrogens with two attached hydrogens (primary N) is 1. The van der Waals surface area contributed by atoms with Gasteiger partial charge in [0.25, 0.3) is 5.69 Å². The van der Waals surface area contributed by atoms with Gasteiger partial charge in [-0.1, -0.05) is 0 Å². The number of anilines is 2. The number of nitro groups is 1. The Balaban J connectivity index is 2.89. The first kappa shape index (κ1) is 14.6. The second kappa shape index (κ2) is 6.50. The van der Waals surface area contributed by atoms with Crippen molar-refractivity contribution >= 4 is 23.2 Å². The van der Waals surface area contributed by atoms with Crippen LogP contribution in [0.2, 0.25) is 0 Å². The van der Waals surface area contributed by atoms with E-state index in [0.717, 1.165) is 0 Å². The van der Waals surface area contributed by atoms with E-state index in [9.17, 15) is 14.9 Å². The van der Waals surface area contributed by atoms with Crippen molar-refractivity contribution in [3.8, 4) is 0 Å². The molecule has 19 heavy (non-hydrogen) atoms. The van der Waals surface area contributed by atoms with Gasteiger partial charge in [-0.05, 0) is 0 Å². The summed E-state index contributed by atoms with van der Waals surface area (Å²) in [5, 5.41) is 13.3. The van der Waals surface area contributed by atoms with Crippen LogP contribution in [-0.2, 0) is 4.79 Å². The zero-order chi connectivity index (χ0) is 14.4. The number of rotatable bonds is 6. The van der Waals surface area contributed by atoms with E-state index < -0.39 is 4.92 Å². The van der Waals surface area contributed by atoms with Gasteiger partial charge < -0.3 is 15.6 Å². The highest BCUT2D eigenvalue weighted by Gasteiger charge is 2.14. The first-order valence-electron chi connectivity index (χ1n) is 5.52. The highest BCUT2D eigenvalue weighted by molar-refractivity contribution is 5.76. The highest BCUT2D eigenvalue weighted by Crippen LogP contribution is 2.22. The summed E-state index contributed by atoms with van der Waals surface area (Å²) in [5.41, 5.74) is 2.15. The van der Waals surface area contributed by atoms with Crippen molar-refractivity contribution in [1.82, 2.24) is 10.3 Å². The minimum Gasteiger partial charge on any atom is -0.359 e. The molecule has 0 saturated heterocycles. The lowest BCUT2D eigenvalue weighted by atomic mass is 10.3. The van der Waals surface area contributed by atoms with Crippen LogP contribution in [0.15, 0.2) is 12.1 Å². The molecule has 1 heterocycles. The maximum absolute atomic E-state index is 11.1. The molecule has 1 rings (SSSR count). The van der Waals surface area contributed by atoms with Crippen molar-refractivity contribution in [2.75, 3.05) is 31.0 Å². The predicted octanol–water partition coefficient (Wildman–Crippen LogP) is -0.152. The van der Waals surface area contributed by atoms with Crippen molar-refractivity contribution in [1.29, 1.82) is 0 Å². The second-order valence-electron chi connectivity index (χ2n) is 3.81. The number of carbonyl (C=O) groups excluding carboxylic acids is 1. The molecule has 9 nitrogen and oxygen atoms in total. The minimum atomic E-state index is -0.529. The summed E-state index contributed by atoms with van der Waals surface area (Å²) in [5.74, 6) is 5.66. The van der Waals surface area contributed by atoms with E-state index in [-0.39, 0.29) is 23.8 Å². The van der Waals surface area contributed by atoms with Crippen LogP contribution < -0.4 is 21.5 Å². The quantitative estimate of drug-likeness (QED) is 0.372. The van der Waals surface area contributed by atoms with Crippen molar-refractivity contribution in [2.24, 2.45) is 5.84 Å². The number of aromatic nitrogens is 1. The lowest BCUT2D eigenvalue weighted by Gasteiger charge is -2.18. The molecule has 4 N–H and O–H groups in total. The van der Waals surface area contributed by atoms with Crippen LogP contribution in [0, 0.1) is 10.1 Å². The Morgan fingerprint density at radius 1 is 1.58 bits per heavy atom. The summed E-state index contributed by atoms with van der Waals surface area (Å²) in [7, 11) is 3.24. The van der Waals surface area contributed by atoms with Crippen LogP contribution >= 0.6 is 0 Å². The van der Waals surface area contributed by atoms with E-state index in [2.05, 4.69) is 15.7 Å². The summed E-state index contributed by atoms with van der Waals surface area (Å²) >= 11 is 0. The van der Waals surface area contributed by atoms with Crippen molar-refractivity contribution in [3.05, 3.63) is 22.2 Å². The zero-order valence-corrected chi connectivity index (χ0v) is 10.7. The maximum atomic E-state index is 11.1. The Bertz CT molecular complexity index is 478. The Labute approximate surface area is 109 Å². The van der Waals surface area contributed by atoms with Gasteiger partial charge in [0.2, 0.25) is 5.91 Å². The van der Waals surface area contributed by atoms with Gasteiger partial charge >= 0.3 is 0 Å². The topological polar surface area (TPSA) is 126 Å². The van der Waals surface area contributed by atoms with Gasteiger partial charge in [-0.15, -0.1) is 0 Å². The molecule has 0 saturated carbocycles. The SMILES string of the molecule is CNC(=O)CCN(C)c1cc([N+](=O)[O-])cc(NN)n1. The summed E-state index contributed by atoms with van der Waals surface area (Å²) in [6.07, 6.45) is 0.267. The smallest absolute Gasteiger partial charge is 0.276 e. The Hall–Kier alpha value is -2.42. The van der Waals surface area contributed by atoms with Gasteiger partial charge in [0, 0.05) is 27.1 Å². The Morgan fingerprint density at radius 2 is 2.26 bits per heavy atom. The molecular weight excluding hydrogens is 252 g/mol. The standard InChI is InChI=1S/C10H16N6O3/c1-12-10(17)3-4-15(2)9-6-7(16(18)19)5-8(13-9)14-11/h5-6H,3-4,11H2,1-2H3,(H,12,17)(H,13,14). The lowest BCUT2D eigenvalue weighted by molar-refractivity contribution is -0.384. The monoisotopic (exact) mass is 268 g/mol. The largest absolute Gasteiger partial charge is 0.359 e. The molecule has 1 aromatic rings. The number of hydrazine groups is 1. The average molecular weight is 268 g/mol. The van der Waals surface area contributed by atoms with E-state index in [1.165, 1.54) is 12.1 Å². The van der Waals surface area contributed by atoms with E-state index in [0.29, 0.717) is 12.4 Å². The number of amides is 1. The summed E-state index contributed by atoms with van der Waals surface area (Å²) in [6.45, 7) is 0.387. The van der Waals surface area contributed by atoms with Crippen LogP contribution in [0.4, 0.5) is 17.3 Å². The predicted molar refractivity (Wildman–Crippen MR) is 70.7 cm³/mol. The van der Waals surface area contributed by atoms with Crippen molar-refractivity contribution in [2.45, 2.75) is 6.42 Å². The molecule has 0 spiro atoms. The number of carbonyl (C=O) groups is 1. The molecule has 0 aliphatic carbocycles. The summed E-state index contributed by atoms with van der Waals surface area (Å²) < 4.78 is 0. The molecule has 1 amide bonds. The maximum Gasteiger partial charge on any atom is 0.276 e. The molecule has 9 heteroatoms. The van der Waals surface area contributed by atoms with Gasteiger partial charge in [-0.3, -0.25) is 14.9 Å². The third kappa shape index (κ3) is 4.07.